The van der Waals surface area contributed by atoms with E-state index >= 15 is 0 Å². The van der Waals surface area contributed by atoms with Crippen molar-refractivity contribution in [1.29, 1.82) is 0 Å². The van der Waals surface area contributed by atoms with Crippen LogP contribution in [0.2, 0.25) is 5.15 Å². The van der Waals surface area contributed by atoms with Crippen molar-refractivity contribution in [2.75, 3.05) is 5.32 Å². The summed E-state index contributed by atoms with van der Waals surface area (Å²) in [5.41, 5.74) is -0.265. The van der Waals surface area contributed by atoms with Crippen LogP contribution in [0.15, 0.2) is 34.9 Å². The Kier molecular flexibility index (Phi) is 4.26. The minimum Gasteiger partial charge on any atom is -0.299 e. The Balaban J connectivity index is 2.35. The fourth-order valence-corrected chi connectivity index (χ4v) is 1.97. The Morgan fingerprint density at radius 3 is 2.80 bits per heavy atom. The lowest BCUT2D eigenvalue weighted by atomic mass is 10.3. The average Bonchev–Trinajstić information content (AvgIpc) is 2.38. The van der Waals surface area contributed by atoms with Crippen molar-refractivity contribution in [2.24, 2.45) is 0 Å². The summed E-state index contributed by atoms with van der Waals surface area (Å²) in [6.07, 6.45) is 1.43. The fourth-order valence-electron chi connectivity index (χ4n) is 1.39. The van der Waals surface area contributed by atoms with Crippen molar-refractivity contribution in [3.63, 3.8) is 0 Å². The first-order chi connectivity index (χ1) is 9.49. The molecule has 1 N–H and O–H groups in total. The molecule has 0 bridgehead atoms. The number of carbonyl (C=O) groups excluding carboxylic acids is 1. The third-order valence-corrected chi connectivity index (χ3v) is 3.09. The van der Waals surface area contributed by atoms with Crippen LogP contribution in [-0.2, 0) is 0 Å². The number of rotatable bonds is 3. The number of aromatic nitrogens is 2. The second-order valence-corrected chi connectivity index (χ2v) is 4.79. The van der Waals surface area contributed by atoms with Crippen LogP contribution >= 0.6 is 27.5 Å². The monoisotopic (exact) mass is 356 g/mol. The number of nitrogens with one attached hydrogen (secondary N) is 1. The second-order valence-electron chi connectivity index (χ2n) is 3.55. The van der Waals surface area contributed by atoms with Crippen LogP contribution < -0.4 is 5.32 Å². The predicted molar refractivity (Wildman–Crippen MR) is 75.8 cm³/mol. The van der Waals surface area contributed by atoms with E-state index < -0.39 is 10.8 Å². The summed E-state index contributed by atoms with van der Waals surface area (Å²) >= 11 is 8.84. The Morgan fingerprint density at radius 1 is 1.40 bits per heavy atom. The van der Waals surface area contributed by atoms with Crippen molar-refractivity contribution in [2.45, 2.75) is 0 Å². The van der Waals surface area contributed by atoms with Crippen molar-refractivity contribution >= 4 is 44.9 Å². The van der Waals surface area contributed by atoms with E-state index in [1.54, 1.807) is 12.1 Å². The molecule has 0 aliphatic heterocycles. The van der Waals surface area contributed by atoms with E-state index in [-0.39, 0.29) is 22.4 Å². The quantitative estimate of drug-likeness (QED) is 0.517. The Morgan fingerprint density at radius 2 is 2.15 bits per heavy atom. The molecule has 0 atom stereocenters. The van der Waals surface area contributed by atoms with Crippen molar-refractivity contribution in [1.82, 2.24) is 9.97 Å². The highest BCUT2D eigenvalue weighted by Crippen LogP contribution is 2.25. The number of hydrogen-bond acceptors (Lipinski definition) is 5. The SMILES string of the molecule is O=C(Nc1nc(Cl)ccc1[N+](=O)[O-])c1ncccc1Br. The van der Waals surface area contributed by atoms with Gasteiger partial charge in [-0.05, 0) is 34.1 Å². The lowest BCUT2D eigenvalue weighted by molar-refractivity contribution is -0.384. The molecule has 0 aliphatic carbocycles. The minimum absolute atomic E-state index is 0.0333. The molecule has 7 nitrogen and oxygen atoms in total. The average molecular weight is 358 g/mol. The molecule has 2 rings (SSSR count). The van der Waals surface area contributed by atoms with Gasteiger partial charge in [0, 0.05) is 16.7 Å². The van der Waals surface area contributed by atoms with E-state index in [2.05, 4.69) is 31.2 Å². The molecule has 2 heterocycles. The molecule has 0 saturated carbocycles. The number of hydrogen-bond donors (Lipinski definition) is 1. The van der Waals surface area contributed by atoms with Crippen molar-refractivity contribution < 1.29 is 9.72 Å². The number of nitrogens with zero attached hydrogens (tertiary/aromatic N) is 3. The van der Waals surface area contributed by atoms with Crippen LogP contribution in [0.5, 0.6) is 0 Å². The molecule has 0 aromatic carbocycles. The summed E-state index contributed by atoms with van der Waals surface area (Å²) < 4.78 is 0.460. The van der Waals surface area contributed by atoms with Gasteiger partial charge < -0.3 is 0 Å². The summed E-state index contributed by atoms with van der Waals surface area (Å²) in [6.45, 7) is 0. The summed E-state index contributed by atoms with van der Waals surface area (Å²) in [7, 11) is 0. The van der Waals surface area contributed by atoms with Gasteiger partial charge >= 0.3 is 5.69 Å². The molecule has 0 spiro atoms. The second kappa shape index (κ2) is 5.93. The van der Waals surface area contributed by atoms with Crippen LogP contribution in [0.1, 0.15) is 10.5 Å². The number of amides is 1. The number of nitro groups is 1. The zero-order valence-electron chi connectivity index (χ0n) is 9.71. The molecule has 0 fully saturated rings. The van der Waals surface area contributed by atoms with E-state index in [1.165, 1.54) is 18.3 Å². The number of carbonyl (C=O) groups is 1. The van der Waals surface area contributed by atoms with Gasteiger partial charge in [-0.1, -0.05) is 11.6 Å². The topological polar surface area (TPSA) is 98.0 Å². The maximum absolute atomic E-state index is 12.0. The van der Waals surface area contributed by atoms with Gasteiger partial charge in [-0.25, -0.2) is 9.97 Å². The maximum Gasteiger partial charge on any atom is 0.311 e. The van der Waals surface area contributed by atoms with Gasteiger partial charge in [0.15, 0.2) is 0 Å². The molecular weight excluding hydrogens is 352 g/mol. The van der Waals surface area contributed by atoms with Crippen molar-refractivity contribution in [3.8, 4) is 0 Å². The first-order valence-corrected chi connectivity index (χ1v) is 6.39. The third-order valence-electron chi connectivity index (χ3n) is 2.24. The maximum atomic E-state index is 12.0. The van der Waals surface area contributed by atoms with Gasteiger partial charge in [-0.15, -0.1) is 0 Å². The molecule has 20 heavy (non-hydrogen) atoms. The van der Waals surface area contributed by atoms with Crippen LogP contribution in [0.4, 0.5) is 11.5 Å². The van der Waals surface area contributed by atoms with E-state index in [4.69, 9.17) is 11.6 Å². The van der Waals surface area contributed by atoms with Crippen LogP contribution in [0, 0.1) is 10.1 Å². The summed E-state index contributed by atoms with van der Waals surface area (Å²) in [6, 6.07) is 5.70. The Bertz CT molecular complexity index is 695. The van der Waals surface area contributed by atoms with Gasteiger partial charge in [-0.2, -0.15) is 0 Å². The normalized spacial score (nSPS) is 10.1. The molecule has 2 aromatic rings. The van der Waals surface area contributed by atoms with Gasteiger partial charge in [0.2, 0.25) is 5.82 Å². The highest BCUT2D eigenvalue weighted by Gasteiger charge is 2.20. The molecule has 9 heteroatoms. The molecule has 1 amide bonds. The van der Waals surface area contributed by atoms with Gasteiger partial charge in [0.25, 0.3) is 5.91 Å². The van der Waals surface area contributed by atoms with Crippen LogP contribution in [0.25, 0.3) is 0 Å². The number of pyridine rings is 2. The molecule has 102 valence electrons. The Labute approximate surface area is 126 Å². The fraction of sp³-hybridized carbons (Fsp3) is 0. The molecular formula is C11H6BrClN4O3. The smallest absolute Gasteiger partial charge is 0.299 e. The van der Waals surface area contributed by atoms with Crippen LogP contribution in [0.3, 0.4) is 0 Å². The molecule has 0 unspecified atom stereocenters. The Hall–Kier alpha value is -2.06. The van der Waals surface area contributed by atoms with Gasteiger partial charge in [0.05, 0.1) is 4.92 Å². The standard InChI is InChI=1S/C11H6BrClN4O3/c12-6-2-1-5-14-9(6)11(18)16-10-7(17(19)20)3-4-8(13)15-10/h1-5H,(H,15,16,18). The summed E-state index contributed by atoms with van der Waals surface area (Å²) in [5.74, 6) is -0.861. The van der Waals surface area contributed by atoms with Gasteiger partial charge in [0.1, 0.15) is 10.8 Å². The third kappa shape index (κ3) is 3.09. The summed E-state index contributed by atoms with van der Waals surface area (Å²) in [5, 5.41) is 13.2. The zero-order chi connectivity index (χ0) is 14.7. The first-order valence-electron chi connectivity index (χ1n) is 5.22. The largest absolute Gasteiger partial charge is 0.311 e. The molecule has 2 aromatic heterocycles. The summed E-state index contributed by atoms with van der Waals surface area (Å²) in [4.78, 5) is 29.8. The van der Waals surface area contributed by atoms with E-state index in [1.807, 2.05) is 0 Å². The predicted octanol–water partition coefficient (Wildman–Crippen LogP) is 3.05. The zero-order valence-corrected chi connectivity index (χ0v) is 12.1. The highest BCUT2D eigenvalue weighted by molar-refractivity contribution is 9.10. The minimum atomic E-state index is -0.660. The van der Waals surface area contributed by atoms with Crippen LogP contribution in [-0.4, -0.2) is 20.8 Å². The van der Waals surface area contributed by atoms with E-state index in [0.717, 1.165) is 0 Å². The number of halogens is 2. The lowest BCUT2D eigenvalue weighted by Crippen LogP contribution is -2.16. The molecule has 0 aliphatic rings. The van der Waals surface area contributed by atoms with Crippen molar-refractivity contribution in [3.05, 3.63) is 55.9 Å². The van der Waals surface area contributed by atoms with Gasteiger partial charge in [-0.3, -0.25) is 20.2 Å². The highest BCUT2D eigenvalue weighted by atomic mass is 79.9. The number of anilines is 1. The first kappa shape index (κ1) is 14.4. The lowest BCUT2D eigenvalue weighted by Gasteiger charge is -2.06. The van der Waals surface area contributed by atoms with E-state index in [9.17, 15) is 14.9 Å². The molecule has 0 radical (unpaired) electrons. The molecule has 0 saturated heterocycles. The van der Waals surface area contributed by atoms with E-state index in [0.29, 0.717) is 4.47 Å².